The molecule has 0 amide bonds. The van der Waals surface area contributed by atoms with Gasteiger partial charge in [0.2, 0.25) is 0 Å². The molecule has 0 heterocycles. The van der Waals surface area contributed by atoms with Gasteiger partial charge in [-0.1, -0.05) is 19.9 Å². The van der Waals surface area contributed by atoms with Crippen molar-refractivity contribution in [3.63, 3.8) is 0 Å². The van der Waals surface area contributed by atoms with E-state index in [2.05, 4.69) is 44.5 Å². The largest absolute Gasteiger partial charge is 0.395 e. The molecule has 0 radical (unpaired) electrons. The average molecular weight is 242 g/mol. The molecule has 0 bridgehead atoms. The third kappa shape index (κ3) is 10.5. The van der Waals surface area contributed by atoms with Crippen molar-refractivity contribution in [2.75, 3.05) is 32.8 Å². The maximum Gasteiger partial charge on any atom is 0.0558 e. The molecule has 0 aliphatic carbocycles. The van der Waals surface area contributed by atoms with Crippen LogP contribution in [-0.4, -0.2) is 48.3 Å². The van der Waals surface area contributed by atoms with Crippen LogP contribution in [0.3, 0.4) is 0 Å². The van der Waals surface area contributed by atoms with Gasteiger partial charge in [0.1, 0.15) is 0 Å². The molecule has 0 aromatic heterocycles. The van der Waals surface area contributed by atoms with Crippen LogP contribution in [0.2, 0.25) is 0 Å². The number of hydrogen-bond acceptors (Lipinski definition) is 3. The molecule has 102 valence electrons. The number of aliphatic hydroxyl groups excluding tert-OH is 1. The molecular formula is C14H30N2O. The summed E-state index contributed by atoms with van der Waals surface area (Å²) in [5.41, 5.74) is 1.32. The Bertz CT molecular complexity index is 209. The van der Waals surface area contributed by atoms with Crippen LogP contribution in [-0.2, 0) is 0 Å². The molecular weight excluding hydrogens is 212 g/mol. The van der Waals surface area contributed by atoms with Crippen molar-refractivity contribution in [2.45, 2.75) is 46.1 Å². The smallest absolute Gasteiger partial charge is 0.0558 e. The second-order valence-corrected chi connectivity index (χ2v) is 5.71. The molecule has 3 nitrogen and oxygen atoms in total. The molecule has 0 aliphatic rings. The van der Waals surface area contributed by atoms with Crippen molar-refractivity contribution in [2.24, 2.45) is 0 Å². The van der Waals surface area contributed by atoms with Gasteiger partial charge < -0.3 is 10.4 Å². The molecule has 0 aromatic carbocycles. The Labute approximate surface area is 107 Å². The quantitative estimate of drug-likeness (QED) is 0.607. The summed E-state index contributed by atoms with van der Waals surface area (Å²) >= 11 is 0. The first-order valence-corrected chi connectivity index (χ1v) is 6.64. The fourth-order valence-corrected chi connectivity index (χ4v) is 1.56. The topological polar surface area (TPSA) is 35.5 Å². The van der Waals surface area contributed by atoms with Crippen LogP contribution in [0.25, 0.3) is 0 Å². The first kappa shape index (κ1) is 16.6. The Kier molecular flexibility index (Phi) is 8.48. The lowest BCUT2D eigenvalue weighted by Gasteiger charge is -2.25. The van der Waals surface area contributed by atoms with E-state index in [1.807, 2.05) is 0 Å². The number of rotatable bonds is 9. The SMILES string of the molecule is C=C(CNC(C)(C)C)CN(CCO)CCCC. The van der Waals surface area contributed by atoms with Gasteiger partial charge in [-0.3, -0.25) is 4.90 Å². The summed E-state index contributed by atoms with van der Waals surface area (Å²) in [5, 5.41) is 12.5. The first-order chi connectivity index (χ1) is 7.89. The van der Waals surface area contributed by atoms with E-state index in [1.165, 1.54) is 18.4 Å². The van der Waals surface area contributed by atoms with E-state index in [0.717, 1.165) is 26.2 Å². The van der Waals surface area contributed by atoms with E-state index in [4.69, 9.17) is 5.11 Å². The third-order valence-corrected chi connectivity index (χ3v) is 2.56. The molecule has 0 rings (SSSR count). The number of nitrogens with one attached hydrogen (secondary N) is 1. The Hall–Kier alpha value is -0.380. The van der Waals surface area contributed by atoms with Crippen molar-refractivity contribution < 1.29 is 5.11 Å². The minimum Gasteiger partial charge on any atom is -0.395 e. The molecule has 0 aliphatic heterocycles. The standard InChI is InChI=1S/C14H30N2O/c1-6-7-8-16(9-10-17)12-13(2)11-15-14(3,4)5/h15,17H,2,6-12H2,1,3-5H3. The highest BCUT2D eigenvalue weighted by molar-refractivity contribution is 5.01. The van der Waals surface area contributed by atoms with Gasteiger partial charge in [0, 0.05) is 25.2 Å². The second-order valence-electron chi connectivity index (χ2n) is 5.71. The van der Waals surface area contributed by atoms with Crippen LogP contribution in [0.5, 0.6) is 0 Å². The lowest BCUT2D eigenvalue weighted by Crippen LogP contribution is -2.39. The molecule has 0 spiro atoms. The third-order valence-electron chi connectivity index (χ3n) is 2.56. The Morgan fingerprint density at radius 1 is 1.29 bits per heavy atom. The molecule has 0 saturated heterocycles. The predicted octanol–water partition coefficient (Wildman–Crippen LogP) is 2.03. The van der Waals surface area contributed by atoms with E-state index in [1.54, 1.807) is 0 Å². The maximum atomic E-state index is 9.02. The van der Waals surface area contributed by atoms with Gasteiger partial charge >= 0.3 is 0 Å². The monoisotopic (exact) mass is 242 g/mol. The van der Waals surface area contributed by atoms with Crippen molar-refractivity contribution >= 4 is 0 Å². The van der Waals surface area contributed by atoms with E-state index in [0.29, 0.717) is 0 Å². The van der Waals surface area contributed by atoms with Crippen LogP contribution in [0.4, 0.5) is 0 Å². The summed E-state index contributed by atoms with van der Waals surface area (Å²) in [6.45, 7) is 16.5. The molecule has 0 fully saturated rings. The van der Waals surface area contributed by atoms with Gasteiger partial charge in [-0.15, -0.1) is 0 Å². The Balaban J connectivity index is 3.94. The number of aliphatic hydroxyl groups is 1. The van der Waals surface area contributed by atoms with Crippen molar-refractivity contribution in [3.05, 3.63) is 12.2 Å². The fraction of sp³-hybridized carbons (Fsp3) is 0.857. The van der Waals surface area contributed by atoms with Crippen LogP contribution in [0.1, 0.15) is 40.5 Å². The van der Waals surface area contributed by atoms with Crippen LogP contribution >= 0.6 is 0 Å². The van der Waals surface area contributed by atoms with E-state index < -0.39 is 0 Å². The zero-order valence-corrected chi connectivity index (χ0v) is 12.1. The lowest BCUT2D eigenvalue weighted by atomic mass is 10.1. The lowest BCUT2D eigenvalue weighted by molar-refractivity contribution is 0.203. The summed E-state index contributed by atoms with van der Waals surface area (Å²) < 4.78 is 0. The minimum atomic E-state index is 0.133. The molecule has 0 aromatic rings. The zero-order chi connectivity index (χ0) is 13.3. The van der Waals surface area contributed by atoms with Crippen molar-refractivity contribution in [1.29, 1.82) is 0 Å². The molecule has 2 N–H and O–H groups in total. The van der Waals surface area contributed by atoms with Gasteiger partial charge in [-0.2, -0.15) is 0 Å². The second kappa shape index (κ2) is 8.67. The Morgan fingerprint density at radius 2 is 1.94 bits per heavy atom. The summed E-state index contributed by atoms with van der Waals surface area (Å²) in [5.74, 6) is 0. The van der Waals surface area contributed by atoms with Gasteiger partial charge in [-0.05, 0) is 39.3 Å². The fourth-order valence-electron chi connectivity index (χ4n) is 1.56. The molecule has 0 saturated carbocycles. The summed E-state index contributed by atoms with van der Waals surface area (Å²) in [4.78, 5) is 2.27. The van der Waals surface area contributed by atoms with Gasteiger partial charge in [-0.25, -0.2) is 0 Å². The highest BCUT2D eigenvalue weighted by Gasteiger charge is 2.10. The number of unbranched alkanes of at least 4 members (excludes halogenated alkanes) is 1. The van der Waals surface area contributed by atoms with E-state index >= 15 is 0 Å². The number of hydrogen-bond donors (Lipinski definition) is 2. The summed E-state index contributed by atoms with van der Waals surface area (Å²) in [6, 6.07) is 0. The highest BCUT2D eigenvalue weighted by Crippen LogP contribution is 2.03. The maximum absolute atomic E-state index is 9.02. The highest BCUT2D eigenvalue weighted by atomic mass is 16.3. The van der Waals surface area contributed by atoms with Crippen LogP contribution in [0, 0.1) is 0 Å². The Morgan fingerprint density at radius 3 is 2.41 bits per heavy atom. The predicted molar refractivity (Wildman–Crippen MR) is 75.3 cm³/mol. The first-order valence-electron chi connectivity index (χ1n) is 6.64. The summed E-state index contributed by atoms with van der Waals surface area (Å²) in [6.07, 6.45) is 2.37. The minimum absolute atomic E-state index is 0.133. The molecule has 3 heteroatoms. The van der Waals surface area contributed by atoms with Gasteiger partial charge in [0.15, 0.2) is 0 Å². The van der Waals surface area contributed by atoms with E-state index in [-0.39, 0.29) is 12.1 Å². The van der Waals surface area contributed by atoms with Crippen molar-refractivity contribution in [3.8, 4) is 0 Å². The van der Waals surface area contributed by atoms with Crippen LogP contribution < -0.4 is 5.32 Å². The number of nitrogens with zero attached hydrogens (tertiary/aromatic N) is 1. The zero-order valence-electron chi connectivity index (χ0n) is 12.1. The normalized spacial score (nSPS) is 12.1. The van der Waals surface area contributed by atoms with Gasteiger partial charge in [0.25, 0.3) is 0 Å². The van der Waals surface area contributed by atoms with Crippen LogP contribution in [0.15, 0.2) is 12.2 Å². The molecule has 0 unspecified atom stereocenters. The summed E-state index contributed by atoms with van der Waals surface area (Å²) in [7, 11) is 0. The van der Waals surface area contributed by atoms with Crippen molar-refractivity contribution in [1.82, 2.24) is 10.2 Å². The van der Waals surface area contributed by atoms with E-state index in [9.17, 15) is 0 Å². The molecule has 0 atom stereocenters. The molecule has 17 heavy (non-hydrogen) atoms. The van der Waals surface area contributed by atoms with Gasteiger partial charge in [0.05, 0.1) is 6.61 Å². The average Bonchev–Trinajstić information content (AvgIpc) is 2.22.